The summed E-state index contributed by atoms with van der Waals surface area (Å²) in [5.74, 6) is 1.30. The Morgan fingerprint density at radius 3 is 2.38 bits per heavy atom. The maximum atomic E-state index is 12.9. The number of amidine groups is 1. The molecule has 5 nitrogen and oxygen atoms in total. The molecule has 1 saturated heterocycles. The van der Waals surface area contributed by atoms with Gasteiger partial charge in [0.2, 0.25) is 0 Å². The average molecular weight is 378 g/mol. The molecule has 0 unspecified atom stereocenters. The predicted molar refractivity (Wildman–Crippen MR) is 105 cm³/mol. The van der Waals surface area contributed by atoms with Gasteiger partial charge in [-0.1, -0.05) is 38.2 Å². The second-order valence-electron chi connectivity index (χ2n) is 7.89. The van der Waals surface area contributed by atoms with Gasteiger partial charge in [-0.05, 0) is 51.2 Å². The van der Waals surface area contributed by atoms with Crippen molar-refractivity contribution in [3.63, 3.8) is 0 Å². The van der Waals surface area contributed by atoms with Crippen molar-refractivity contribution >= 4 is 15.9 Å². The van der Waals surface area contributed by atoms with E-state index in [0.717, 1.165) is 25.1 Å². The standard InChI is InChI=1S/C20H31N3O2S/c1-16-9-8-10-17(2)23(16)19(15-18-11-4-3-5-12-18)22-26(24,25)20-13-6-7-14-21-20/h6-7,13-14,16-18H,3-5,8-12,15H2,1-2H3/b22-19+/t16-,17+. The highest BCUT2D eigenvalue weighted by Gasteiger charge is 2.31. The number of piperidine rings is 1. The fraction of sp³-hybridized carbons (Fsp3) is 0.700. The third-order valence-electron chi connectivity index (χ3n) is 5.82. The summed E-state index contributed by atoms with van der Waals surface area (Å²) < 4.78 is 30.1. The molecule has 2 aliphatic rings. The van der Waals surface area contributed by atoms with Gasteiger partial charge in [-0.25, -0.2) is 4.98 Å². The summed E-state index contributed by atoms with van der Waals surface area (Å²) in [5.41, 5.74) is 0. The van der Waals surface area contributed by atoms with E-state index >= 15 is 0 Å². The van der Waals surface area contributed by atoms with Crippen molar-refractivity contribution in [3.8, 4) is 0 Å². The molecule has 1 saturated carbocycles. The number of nitrogens with zero attached hydrogens (tertiary/aromatic N) is 3. The first-order valence-electron chi connectivity index (χ1n) is 10.0. The van der Waals surface area contributed by atoms with Crippen LogP contribution < -0.4 is 0 Å². The maximum absolute atomic E-state index is 12.9. The first-order chi connectivity index (χ1) is 12.5. The summed E-state index contributed by atoms with van der Waals surface area (Å²) in [6.45, 7) is 4.39. The second-order valence-corrected chi connectivity index (χ2v) is 9.45. The van der Waals surface area contributed by atoms with E-state index in [0.29, 0.717) is 18.0 Å². The third kappa shape index (κ3) is 4.64. The van der Waals surface area contributed by atoms with E-state index in [2.05, 4.69) is 28.1 Å². The van der Waals surface area contributed by atoms with Crippen molar-refractivity contribution < 1.29 is 8.42 Å². The molecule has 0 bridgehead atoms. The number of hydrogen-bond acceptors (Lipinski definition) is 3. The Balaban J connectivity index is 1.93. The topological polar surface area (TPSA) is 62.6 Å². The molecule has 26 heavy (non-hydrogen) atoms. The minimum Gasteiger partial charge on any atom is -0.354 e. The molecule has 6 heteroatoms. The Bertz CT molecular complexity index is 702. The van der Waals surface area contributed by atoms with Gasteiger partial charge in [0.1, 0.15) is 5.84 Å². The summed E-state index contributed by atoms with van der Waals surface area (Å²) in [6.07, 6.45) is 11.8. The Kier molecular flexibility index (Phi) is 6.33. The Morgan fingerprint density at radius 1 is 1.08 bits per heavy atom. The van der Waals surface area contributed by atoms with E-state index < -0.39 is 10.0 Å². The van der Waals surface area contributed by atoms with Crippen molar-refractivity contribution in [2.24, 2.45) is 10.3 Å². The van der Waals surface area contributed by atoms with Gasteiger partial charge >= 0.3 is 10.0 Å². The van der Waals surface area contributed by atoms with Gasteiger partial charge in [0.25, 0.3) is 0 Å². The summed E-state index contributed by atoms with van der Waals surface area (Å²) in [4.78, 5) is 6.30. The minimum atomic E-state index is -3.77. The zero-order valence-corrected chi connectivity index (χ0v) is 16.8. The first kappa shape index (κ1) is 19.3. The van der Waals surface area contributed by atoms with E-state index in [4.69, 9.17) is 0 Å². The highest BCUT2D eigenvalue weighted by Crippen LogP contribution is 2.31. The molecule has 1 aromatic rings. The highest BCUT2D eigenvalue weighted by molar-refractivity contribution is 7.90. The van der Waals surface area contributed by atoms with Gasteiger partial charge in [0.05, 0.1) is 0 Å². The van der Waals surface area contributed by atoms with Crippen LogP contribution in [0.15, 0.2) is 33.8 Å². The number of aromatic nitrogens is 1. The fourth-order valence-electron chi connectivity index (χ4n) is 4.45. The van der Waals surface area contributed by atoms with Crippen LogP contribution in [0.5, 0.6) is 0 Å². The molecule has 2 heterocycles. The van der Waals surface area contributed by atoms with Gasteiger partial charge in [-0.2, -0.15) is 8.42 Å². The van der Waals surface area contributed by atoms with Crippen LogP contribution in [0.25, 0.3) is 0 Å². The molecule has 1 aromatic heterocycles. The van der Waals surface area contributed by atoms with Gasteiger partial charge in [0.15, 0.2) is 5.03 Å². The van der Waals surface area contributed by atoms with Crippen LogP contribution in [0, 0.1) is 5.92 Å². The lowest BCUT2D eigenvalue weighted by atomic mass is 9.85. The number of rotatable bonds is 4. The first-order valence-corrected chi connectivity index (χ1v) is 11.4. The van der Waals surface area contributed by atoms with E-state index in [9.17, 15) is 8.42 Å². The van der Waals surface area contributed by atoms with Gasteiger partial charge in [-0.15, -0.1) is 4.40 Å². The molecule has 2 fully saturated rings. The molecule has 1 aliphatic heterocycles. The maximum Gasteiger partial charge on any atom is 0.301 e. The van der Waals surface area contributed by atoms with Crippen LogP contribution in [0.3, 0.4) is 0 Å². The van der Waals surface area contributed by atoms with Crippen molar-refractivity contribution in [1.29, 1.82) is 0 Å². The lowest BCUT2D eigenvalue weighted by Gasteiger charge is -2.42. The number of sulfonamides is 1. The largest absolute Gasteiger partial charge is 0.354 e. The highest BCUT2D eigenvalue weighted by atomic mass is 32.2. The van der Waals surface area contributed by atoms with Crippen LogP contribution in [-0.4, -0.2) is 36.2 Å². The van der Waals surface area contributed by atoms with Crippen LogP contribution in [0.2, 0.25) is 0 Å². The van der Waals surface area contributed by atoms with Crippen molar-refractivity contribution in [1.82, 2.24) is 9.88 Å². The molecule has 0 spiro atoms. The molecular weight excluding hydrogens is 346 g/mol. The average Bonchev–Trinajstić information content (AvgIpc) is 2.63. The van der Waals surface area contributed by atoms with Crippen LogP contribution in [0.4, 0.5) is 0 Å². The van der Waals surface area contributed by atoms with Crippen LogP contribution >= 0.6 is 0 Å². The van der Waals surface area contributed by atoms with Crippen LogP contribution in [0.1, 0.15) is 71.6 Å². The van der Waals surface area contributed by atoms with E-state index in [1.807, 2.05) is 0 Å². The van der Waals surface area contributed by atoms with E-state index in [-0.39, 0.29) is 5.03 Å². The van der Waals surface area contributed by atoms with Gasteiger partial charge in [-0.3, -0.25) is 0 Å². The summed E-state index contributed by atoms with van der Waals surface area (Å²) in [6, 6.07) is 5.61. The normalized spacial score (nSPS) is 26.1. The monoisotopic (exact) mass is 377 g/mol. The summed E-state index contributed by atoms with van der Waals surface area (Å²) >= 11 is 0. The molecule has 3 rings (SSSR count). The zero-order valence-electron chi connectivity index (χ0n) is 16.0. The molecule has 2 atom stereocenters. The molecule has 1 aliphatic carbocycles. The van der Waals surface area contributed by atoms with E-state index in [1.165, 1.54) is 50.8 Å². The number of likely N-dealkylation sites (tertiary alicyclic amines) is 1. The number of hydrogen-bond donors (Lipinski definition) is 0. The molecule has 0 aromatic carbocycles. The third-order valence-corrected chi connectivity index (χ3v) is 7.04. The molecule has 0 N–H and O–H groups in total. The zero-order chi connectivity index (χ0) is 18.6. The molecule has 144 valence electrons. The summed E-state index contributed by atoms with van der Waals surface area (Å²) in [5, 5.41) is 0.0402. The van der Waals surface area contributed by atoms with Gasteiger partial charge in [0, 0.05) is 24.7 Å². The summed E-state index contributed by atoms with van der Waals surface area (Å²) in [7, 11) is -3.77. The number of pyridine rings is 1. The van der Waals surface area contributed by atoms with Crippen molar-refractivity contribution in [2.45, 2.75) is 88.7 Å². The Labute approximate surface area is 158 Å². The molecular formula is C20H31N3O2S. The van der Waals surface area contributed by atoms with E-state index in [1.54, 1.807) is 12.1 Å². The van der Waals surface area contributed by atoms with Crippen molar-refractivity contribution in [3.05, 3.63) is 24.4 Å². The lowest BCUT2D eigenvalue weighted by Crippen LogP contribution is -2.48. The quantitative estimate of drug-likeness (QED) is 0.576. The molecule has 0 amide bonds. The minimum absolute atomic E-state index is 0.0402. The predicted octanol–water partition coefficient (Wildman–Crippen LogP) is 4.40. The second kappa shape index (κ2) is 8.51. The Hall–Kier alpha value is -1.43. The van der Waals surface area contributed by atoms with Crippen molar-refractivity contribution in [2.75, 3.05) is 0 Å². The SMILES string of the molecule is C[C@@H]1CCC[C@H](C)N1/C(CC1CCCCC1)=N/S(=O)(=O)c1ccccn1. The smallest absolute Gasteiger partial charge is 0.301 e. The lowest BCUT2D eigenvalue weighted by molar-refractivity contribution is 0.184. The molecule has 0 radical (unpaired) electrons. The van der Waals surface area contributed by atoms with Gasteiger partial charge < -0.3 is 4.90 Å². The van der Waals surface area contributed by atoms with Crippen LogP contribution in [-0.2, 0) is 10.0 Å². The fourth-order valence-corrected chi connectivity index (χ4v) is 5.44. The Morgan fingerprint density at radius 2 is 1.77 bits per heavy atom.